The van der Waals surface area contributed by atoms with E-state index in [1.807, 2.05) is 18.2 Å². The SMILES string of the molecule is O=C(O)c1cc(CN2CCOCC2)nc2ccccc12. The molecule has 3 rings (SSSR count). The molecule has 1 fully saturated rings. The highest BCUT2D eigenvalue weighted by atomic mass is 16.5. The summed E-state index contributed by atoms with van der Waals surface area (Å²) in [4.78, 5) is 18.2. The molecular formula is C15H16N2O3. The minimum atomic E-state index is -0.910. The van der Waals surface area contributed by atoms with E-state index < -0.39 is 5.97 Å². The predicted molar refractivity (Wildman–Crippen MR) is 74.8 cm³/mol. The number of carbonyl (C=O) groups is 1. The number of aromatic carboxylic acids is 1. The van der Waals surface area contributed by atoms with Crippen LogP contribution in [0.1, 0.15) is 16.1 Å². The van der Waals surface area contributed by atoms with E-state index >= 15 is 0 Å². The van der Waals surface area contributed by atoms with Crippen molar-refractivity contribution in [3.8, 4) is 0 Å². The maximum absolute atomic E-state index is 11.4. The lowest BCUT2D eigenvalue weighted by Gasteiger charge is -2.26. The number of fused-ring (bicyclic) bond motifs is 1. The lowest BCUT2D eigenvalue weighted by molar-refractivity contribution is 0.0336. The van der Waals surface area contributed by atoms with Gasteiger partial charge in [0, 0.05) is 25.0 Å². The molecule has 1 aliphatic rings. The van der Waals surface area contributed by atoms with E-state index in [-0.39, 0.29) is 0 Å². The van der Waals surface area contributed by atoms with E-state index in [0.29, 0.717) is 17.5 Å². The predicted octanol–water partition coefficient (Wildman–Crippen LogP) is 1.77. The van der Waals surface area contributed by atoms with Crippen LogP contribution in [-0.2, 0) is 11.3 Å². The standard InChI is InChI=1S/C15H16N2O3/c18-15(19)13-9-11(10-17-5-7-20-8-6-17)16-14-4-2-1-3-12(13)14/h1-4,9H,5-8,10H2,(H,18,19). The molecule has 0 amide bonds. The molecule has 0 spiro atoms. The second kappa shape index (κ2) is 5.56. The zero-order valence-electron chi connectivity index (χ0n) is 11.1. The monoisotopic (exact) mass is 272 g/mol. The maximum atomic E-state index is 11.4. The largest absolute Gasteiger partial charge is 0.478 e. The molecule has 1 saturated heterocycles. The molecule has 2 heterocycles. The second-order valence-corrected chi connectivity index (χ2v) is 4.87. The number of aromatic nitrogens is 1. The lowest BCUT2D eigenvalue weighted by Crippen LogP contribution is -2.35. The summed E-state index contributed by atoms with van der Waals surface area (Å²) in [6, 6.07) is 9.03. The third kappa shape index (κ3) is 2.64. The Morgan fingerprint density at radius 3 is 2.80 bits per heavy atom. The van der Waals surface area contributed by atoms with Crippen LogP contribution in [0.15, 0.2) is 30.3 Å². The molecule has 1 aliphatic heterocycles. The van der Waals surface area contributed by atoms with Crippen LogP contribution in [0, 0.1) is 0 Å². The van der Waals surface area contributed by atoms with Crippen molar-refractivity contribution in [1.82, 2.24) is 9.88 Å². The van der Waals surface area contributed by atoms with Gasteiger partial charge in [0.25, 0.3) is 0 Å². The number of para-hydroxylation sites is 1. The lowest BCUT2D eigenvalue weighted by atomic mass is 10.1. The Bertz CT molecular complexity index is 636. The summed E-state index contributed by atoms with van der Waals surface area (Å²) in [5, 5.41) is 10.0. The zero-order valence-corrected chi connectivity index (χ0v) is 11.1. The Labute approximate surface area is 116 Å². The number of rotatable bonds is 3. The van der Waals surface area contributed by atoms with Crippen LogP contribution < -0.4 is 0 Å². The first-order chi connectivity index (χ1) is 9.74. The van der Waals surface area contributed by atoms with Gasteiger partial charge >= 0.3 is 5.97 Å². The van der Waals surface area contributed by atoms with Gasteiger partial charge in [-0.15, -0.1) is 0 Å². The van der Waals surface area contributed by atoms with Crippen LogP contribution in [0.25, 0.3) is 10.9 Å². The van der Waals surface area contributed by atoms with Crippen molar-refractivity contribution in [2.75, 3.05) is 26.3 Å². The summed E-state index contributed by atoms with van der Waals surface area (Å²) in [7, 11) is 0. The fourth-order valence-corrected chi connectivity index (χ4v) is 2.48. The highest BCUT2D eigenvalue weighted by Gasteiger charge is 2.15. The highest BCUT2D eigenvalue weighted by molar-refractivity contribution is 6.02. The number of carboxylic acid groups (broad SMARTS) is 1. The minimum Gasteiger partial charge on any atom is -0.478 e. The van der Waals surface area contributed by atoms with Gasteiger partial charge in [-0.05, 0) is 12.1 Å². The normalized spacial score (nSPS) is 16.4. The Kier molecular flexibility index (Phi) is 3.62. The molecule has 1 aromatic carbocycles. The van der Waals surface area contributed by atoms with Gasteiger partial charge in [0.2, 0.25) is 0 Å². The van der Waals surface area contributed by atoms with Crippen LogP contribution in [0.5, 0.6) is 0 Å². The molecule has 2 aromatic rings. The summed E-state index contributed by atoms with van der Waals surface area (Å²) in [5.74, 6) is -0.910. The Hall–Kier alpha value is -1.98. The summed E-state index contributed by atoms with van der Waals surface area (Å²) in [6.07, 6.45) is 0. The van der Waals surface area contributed by atoms with Crippen molar-refractivity contribution in [3.63, 3.8) is 0 Å². The quantitative estimate of drug-likeness (QED) is 0.922. The topological polar surface area (TPSA) is 62.7 Å². The van der Waals surface area contributed by atoms with Gasteiger partial charge in [0.05, 0.1) is 30.0 Å². The van der Waals surface area contributed by atoms with Gasteiger partial charge in [-0.2, -0.15) is 0 Å². The van der Waals surface area contributed by atoms with Gasteiger partial charge < -0.3 is 9.84 Å². The van der Waals surface area contributed by atoms with Crippen molar-refractivity contribution < 1.29 is 14.6 Å². The number of hydrogen-bond acceptors (Lipinski definition) is 4. The highest BCUT2D eigenvalue weighted by Crippen LogP contribution is 2.19. The van der Waals surface area contributed by atoms with Crippen molar-refractivity contribution in [3.05, 3.63) is 41.6 Å². The van der Waals surface area contributed by atoms with Gasteiger partial charge in [-0.1, -0.05) is 18.2 Å². The van der Waals surface area contributed by atoms with Crippen molar-refractivity contribution in [2.45, 2.75) is 6.54 Å². The molecular weight excluding hydrogens is 256 g/mol. The van der Waals surface area contributed by atoms with Gasteiger partial charge in [-0.3, -0.25) is 9.88 Å². The Morgan fingerprint density at radius 1 is 1.30 bits per heavy atom. The Morgan fingerprint density at radius 2 is 2.05 bits per heavy atom. The average molecular weight is 272 g/mol. The number of nitrogens with zero attached hydrogens (tertiary/aromatic N) is 2. The van der Waals surface area contributed by atoms with E-state index in [9.17, 15) is 9.90 Å². The van der Waals surface area contributed by atoms with E-state index in [2.05, 4.69) is 9.88 Å². The first-order valence-electron chi connectivity index (χ1n) is 6.66. The molecule has 1 aromatic heterocycles. The molecule has 0 aliphatic carbocycles. The average Bonchev–Trinajstić information content (AvgIpc) is 2.47. The molecule has 5 nitrogen and oxygen atoms in total. The van der Waals surface area contributed by atoms with E-state index in [1.165, 1.54) is 0 Å². The van der Waals surface area contributed by atoms with Crippen molar-refractivity contribution in [1.29, 1.82) is 0 Å². The third-order valence-corrected chi connectivity index (χ3v) is 3.49. The zero-order chi connectivity index (χ0) is 13.9. The summed E-state index contributed by atoms with van der Waals surface area (Å²) in [5.41, 5.74) is 1.84. The number of morpholine rings is 1. The van der Waals surface area contributed by atoms with E-state index in [0.717, 1.165) is 37.5 Å². The molecule has 5 heteroatoms. The fraction of sp³-hybridized carbons (Fsp3) is 0.333. The number of hydrogen-bond donors (Lipinski definition) is 1. The van der Waals surface area contributed by atoms with Crippen molar-refractivity contribution >= 4 is 16.9 Å². The summed E-state index contributed by atoms with van der Waals surface area (Å²) >= 11 is 0. The smallest absolute Gasteiger partial charge is 0.336 e. The maximum Gasteiger partial charge on any atom is 0.336 e. The van der Waals surface area contributed by atoms with Gasteiger partial charge in [-0.25, -0.2) is 4.79 Å². The number of pyridine rings is 1. The van der Waals surface area contributed by atoms with Gasteiger partial charge in [0.15, 0.2) is 0 Å². The number of ether oxygens (including phenoxy) is 1. The molecule has 104 valence electrons. The van der Waals surface area contributed by atoms with Crippen molar-refractivity contribution in [2.24, 2.45) is 0 Å². The molecule has 0 saturated carbocycles. The first kappa shape index (κ1) is 13.0. The number of carboxylic acids is 1. The van der Waals surface area contributed by atoms with Crippen LogP contribution in [0.3, 0.4) is 0 Å². The molecule has 0 atom stereocenters. The van der Waals surface area contributed by atoms with Crippen LogP contribution in [0.2, 0.25) is 0 Å². The van der Waals surface area contributed by atoms with E-state index in [1.54, 1.807) is 12.1 Å². The minimum absolute atomic E-state index is 0.318. The third-order valence-electron chi connectivity index (χ3n) is 3.49. The molecule has 0 bridgehead atoms. The molecule has 1 N–H and O–H groups in total. The number of benzene rings is 1. The summed E-state index contributed by atoms with van der Waals surface area (Å²) < 4.78 is 5.31. The molecule has 0 unspecified atom stereocenters. The van der Waals surface area contributed by atoms with Gasteiger partial charge in [0.1, 0.15) is 0 Å². The first-order valence-corrected chi connectivity index (χ1v) is 6.66. The molecule has 0 radical (unpaired) electrons. The van der Waals surface area contributed by atoms with Crippen LogP contribution in [-0.4, -0.2) is 47.3 Å². The summed E-state index contributed by atoms with van der Waals surface area (Å²) in [6.45, 7) is 3.82. The van der Waals surface area contributed by atoms with Crippen LogP contribution in [0.4, 0.5) is 0 Å². The second-order valence-electron chi connectivity index (χ2n) is 4.87. The van der Waals surface area contributed by atoms with Crippen LogP contribution >= 0.6 is 0 Å². The molecule has 20 heavy (non-hydrogen) atoms. The Balaban J connectivity index is 1.96. The fourth-order valence-electron chi connectivity index (χ4n) is 2.48. The van der Waals surface area contributed by atoms with E-state index in [4.69, 9.17) is 4.74 Å².